The number of nitrogens with one attached hydrogen (secondary N) is 1. The van der Waals surface area contributed by atoms with Crippen molar-refractivity contribution in [3.05, 3.63) is 17.8 Å². The molecule has 1 rings (SSSR count). The highest BCUT2D eigenvalue weighted by atomic mass is 15.0. The maximum Gasteiger partial charge on any atom is 0.149 e. The number of unbranched alkanes of at least 4 members (excludes halogenated alkanes) is 1. The molecule has 0 atom stereocenters. The third kappa shape index (κ3) is 2.93. The van der Waals surface area contributed by atoms with Gasteiger partial charge >= 0.3 is 0 Å². The van der Waals surface area contributed by atoms with Crippen LogP contribution in [0.3, 0.4) is 0 Å². The minimum Gasteiger partial charge on any atom is -0.396 e. The minimum absolute atomic E-state index is 0.724. The van der Waals surface area contributed by atoms with Crippen molar-refractivity contribution < 1.29 is 0 Å². The van der Waals surface area contributed by atoms with E-state index in [2.05, 4.69) is 17.2 Å². The molecule has 1 aromatic rings. The Kier molecular flexibility index (Phi) is 3.55. The topological polar surface area (TPSA) is 50.9 Å². The number of nitrogen functional groups attached to an aromatic ring is 1. The summed E-state index contributed by atoms with van der Waals surface area (Å²) >= 11 is 0. The fourth-order valence-electron chi connectivity index (χ4n) is 1.09. The summed E-state index contributed by atoms with van der Waals surface area (Å²) in [5.74, 6) is 0.813. The molecule has 0 unspecified atom stereocenters. The molecule has 3 nitrogen and oxygen atoms in total. The van der Waals surface area contributed by atoms with E-state index in [1.54, 1.807) is 0 Å². The van der Waals surface area contributed by atoms with Crippen molar-refractivity contribution >= 4 is 11.5 Å². The van der Waals surface area contributed by atoms with Gasteiger partial charge in [-0.1, -0.05) is 13.3 Å². The first kappa shape index (κ1) is 9.84. The van der Waals surface area contributed by atoms with Gasteiger partial charge in [0.25, 0.3) is 0 Å². The second-order valence-corrected chi connectivity index (χ2v) is 3.17. The molecule has 1 heterocycles. The number of rotatable bonds is 4. The van der Waals surface area contributed by atoms with Crippen molar-refractivity contribution in [2.24, 2.45) is 0 Å². The SMILES string of the molecule is CCCCNc1nc(C)ccc1N. The molecular weight excluding hydrogens is 162 g/mol. The van der Waals surface area contributed by atoms with Gasteiger partial charge in [0, 0.05) is 12.2 Å². The van der Waals surface area contributed by atoms with Crippen LogP contribution in [0.15, 0.2) is 12.1 Å². The number of nitrogens with zero attached hydrogens (tertiary/aromatic N) is 1. The lowest BCUT2D eigenvalue weighted by molar-refractivity contribution is 0.831. The first-order chi connectivity index (χ1) is 6.24. The molecule has 0 spiro atoms. The summed E-state index contributed by atoms with van der Waals surface area (Å²) in [7, 11) is 0. The fraction of sp³-hybridized carbons (Fsp3) is 0.500. The zero-order valence-corrected chi connectivity index (χ0v) is 8.30. The number of aryl methyl sites for hydroxylation is 1. The predicted octanol–water partition coefficient (Wildman–Crippen LogP) is 2.18. The van der Waals surface area contributed by atoms with Crippen molar-refractivity contribution in [2.45, 2.75) is 26.7 Å². The van der Waals surface area contributed by atoms with Gasteiger partial charge in [0.1, 0.15) is 5.82 Å². The molecule has 3 N–H and O–H groups in total. The maximum absolute atomic E-state index is 5.75. The van der Waals surface area contributed by atoms with Crippen molar-refractivity contribution in [1.82, 2.24) is 4.98 Å². The molecular formula is C10H17N3. The molecule has 1 aromatic heterocycles. The monoisotopic (exact) mass is 179 g/mol. The number of hydrogen-bond acceptors (Lipinski definition) is 3. The Balaban J connectivity index is 2.59. The zero-order valence-electron chi connectivity index (χ0n) is 8.30. The van der Waals surface area contributed by atoms with Crippen LogP contribution in [0.2, 0.25) is 0 Å². The second-order valence-electron chi connectivity index (χ2n) is 3.17. The third-order valence-corrected chi connectivity index (χ3v) is 1.89. The normalized spacial score (nSPS) is 10.0. The van der Waals surface area contributed by atoms with E-state index >= 15 is 0 Å². The first-order valence-electron chi connectivity index (χ1n) is 4.71. The maximum atomic E-state index is 5.75. The van der Waals surface area contributed by atoms with Crippen molar-refractivity contribution in [2.75, 3.05) is 17.6 Å². The van der Waals surface area contributed by atoms with Crippen molar-refractivity contribution in [1.29, 1.82) is 0 Å². The van der Waals surface area contributed by atoms with Crippen LogP contribution in [0.5, 0.6) is 0 Å². The molecule has 3 heteroatoms. The fourth-order valence-corrected chi connectivity index (χ4v) is 1.09. The Morgan fingerprint density at radius 2 is 2.23 bits per heavy atom. The highest BCUT2D eigenvalue weighted by Crippen LogP contribution is 2.14. The molecule has 0 aliphatic heterocycles. The van der Waals surface area contributed by atoms with E-state index < -0.39 is 0 Å². The molecule has 0 fully saturated rings. The van der Waals surface area contributed by atoms with E-state index in [0.717, 1.165) is 30.2 Å². The van der Waals surface area contributed by atoms with Crippen LogP contribution in [0, 0.1) is 6.92 Å². The summed E-state index contributed by atoms with van der Waals surface area (Å²) < 4.78 is 0. The van der Waals surface area contributed by atoms with Crippen molar-refractivity contribution in [3.8, 4) is 0 Å². The Labute approximate surface area is 79.4 Å². The van der Waals surface area contributed by atoms with Crippen LogP contribution < -0.4 is 11.1 Å². The van der Waals surface area contributed by atoms with Gasteiger partial charge < -0.3 is 11.1 Å². The van der Waals surface area contributed by atoms with Gasteiger partial charge in [0.15, 0.2) is 0 Å². The number of aromatic nitrogens is 1. The van der Waals surface area contributed by atoms with Crippen LogP contribution in [0.25, 0.3) is 0 Å². The quantitative estimate of drug-likeness (QED) is 0.696. The summed E-state index contributed by atoms with van der Waals surface area (Å²) in [6.45, 7) is 5.07. The molecule has 0 radical (unpaired) electrons. The number of pyridine rings is 1. The molecule has 0 saturated heterocycles. The lowest BCUT2D eigenvalue weighted by Gasteiger charge is -2.07. The summed E-state index contributed by atoms with van der Waals surface area (Å²) in [4.78, 5) is 4.31. The van der Waals surface area contributed by atoms with Gasteiger partial charge in [-0.2, -0.15) is 0 Å². The van der Waals surface area contributed by atoms with Gasteiger partial charge in [-0.3, -0.25) is 0 Å². The van der Waals surface area contributed by atoms with E-state index in [0.29, 0.717) is 0 Å². The number of hydrogen-bond donors (Lipinski definition) is 2. The molecule has 0 saturated carbocycles. The lowest BCUT2D eigenvalue weighted by Crippen LogP contribution is -2.06. The average molecular weight is 179 g/mol. The highest BCUT2D eigenvalue weighted by Gasteiger charge is 1.98. The summed E-state index contributed by atoms with van der Waals surface area (Å²) in [5.41, 5.74) is 7.46. The van der Waals surface area contributed by atoms with Crippen LogP contribution >= 0.6 is 0 Å². The first-order valence-corrected chi connectivity index (χ1v) is 4.71. The van der Waals surface area contributed by atoms with Crippen molar-refractivity contribution in [3.63, 3.8) is 0 Å². The Morgan fingerprint density at radius 3 is 2.92 bits per heavy atom. The summed E-state index contributed by atoms with van der Waals surface area (Å²) in [6, 6.07) is 3.80. The number of anilines is 2. The smallest absolute Gasteiger partial charge is 0.149 e. The van der Waals surface area contributed by atoms with E-state index in [9.17, 15) is 0 Å². The van der Waals surface area contributed by atoms with Gasteiger partial charge in [0.2, 0.25) is 0 Å². The largest absolute Gasteiger partial charge is 0.396 e. The Hall–Kier alpha value is -1.25. The Morgan fingerprint density at radius 1 is 1.46 bits per heavy atom. The van der Waals surface area contributed by atoms with Crippen LogP contribution in [-0.2, 0) is 0 Å². The Bertz CT molecular complexity index is 271. The second kappa shape index (κ2) is 4.70. The van der Waals surface area contributed by atoms with Crippen LogP contribution in [0.4, 0.5) is 11.5 Å². The lowest BCUT2D eigenvalue weighted by atomic mass is 10.3. The predicted molar refractivity (Wildman–Crippen MR) is 56.8 cm³/mol. The van der Waals surface area contributed by atoms with E-state index in [1.165, 1.54) is 6.42 Å². The van der Waals surface area contributed by atoms with Gasteiger partial charge in [-0.15, -0.1) is 0 Å². The molecule has 0 amide bonds. The molecule has 0 bridgehead atoms. The zero-order chi connectivity index (χ0) is 9.68. The number of nitrogens with two attached hydrogens (primary N) is 1. The molecule has 13 heavy (non-hydrogen) atoms. The molecule has 0 aliphatic carbocycles. The third-order valence-electron chi connectivity index (χ3n) is 1.89. The molecule has 0 aromatic carbocycles. The molecule has 72 valence electrons. The van der Waals surface area contributed by atoms with Gasteiger partial charge in [-0.25, -0.2) is 4.98 Å². The van der Waals surface area contributed by atoms with E-state index in [-0.39, 0.29) is 0 Å². The summed E-state index contributed by atoms with van der Waals surface area (Å²) in [6.07, 6.45) is 2.33. The minimum atomic E-state index is 0.724. The highest BCUT2D eigenvalue weighted by molar-refractivity contribution is 5.61. The van der Waals surface area contributed by atoms with E-state index in [4.69, 9.17) is 5.73 Å². The molecule has 0 aliphatic rings. The standard InChI is InChI=1S/C10H17N3/c1-3-4-7-12-10-9(11)6-5-8(2)13-10/h5-6H,3-4,7,11H2,1-2H3,(H,12,13). The van der Waals surface area contributed by atoms with Crippen LogP contribution in [0.1, 0.15) is 25.5 Å². The average Bonchev–Trinajstić information content (AvgIpc) is 2.11. The van der Waals surface area contributed by atoms with E-state index in [1.807, 2.05) is 19.1 Å². The van der Waals surface area contributed by atoms with Gasteiger partial charge in [0.05, 0.1) is 5.69 Å². The van der Waals surface area contributed by atoms with Gasteiger partial charge in [-0.05, 0) is 25.5 Å². The van der Waals surface area contributed by atoms with Crippen LogP contribution in [-0.4, -0.2) is 11.5 Å². The summed E-state index contributed by atoms with van der Waals surface area (Å²) in [5, 5.41) is 3.22.